The minimum absolute atomic E-state index is 0.0268. The third-order valence-corrected chi connectivity index (χ3v) is 7.27. The predicted molar refractivity (Wildman–Crippen MR) is 133 cm³/mol. The summed E-state index contributed by atoms with van der Waals surface area (Å²) in [5.74, 6) is 1.12. The number of likely N-dealkylation sites (tertiary alicyclic amines) is 1. The Morgan fingerprint density at radius 2 is 1.95 bits per heavy atom. The summed E-state index contributed by atoms with van der Waals surface area (Å²) in [6, 6.07) is -0.115. The normalized spacial score (nSPS) is 19.6. The van der Waals surface area contributed by atoms with E-state index in [4.69, 9.17) is 4.74 Å². The van der Waals surface area contributed by atoms with E-state index in [1.807, 2.05) is 20.8 Å². The second-order valence-corrected chi connectivity index (χ2v) is 9.95. The maximum atomic E-state index is 12.8. The summed E-state index contributed by atoms with van der Waals surface area (Å²) in [6.07, 6.45) is 0.791. The van der Waals surface area contributed by atoms with Gasteiger partial charge in [-0.15, -0.1) is 0 Å². The van der Waals surface area contributed by atoms with Crippen LogP contribution >= 0.6 is 0 Å². The zero-order valence-electron chi connectivity index (χ0n) is 21.9. The van der Waals surface area contributed by atoms with Crippen molar-refractivity contribution < 1.29 is 27.5 Å². The van der Waals surface area contributed by atoms with Crippen LogP contribution in [0, 0.1) is 12.8 Å². The Hall–Kier alpha value is -2.51. The second-order valence-electron chi connectivity index (χ2n) is 9.95. The number of ether oxygens (including phenoxy) is 1. The molecule has 208 valence electrons. The van der Waals surface area contributed by atoms with E-state index in [0.29, 0.717) is 30.9 Å². The number of amides is 2. The molecule has 2 aliphatic rings. The first-order chi connectivity index (χ1) is 17.5. The summed E-state index contributed by atoms with van der Waals surface area (Å²) in [4.78, 5) is 35.1. The molecule has 1 aliphatic carbocycles. The van der Waals surface area contributed by atoms with Crippen LogP contribution in [0.5, 0.6) is 0 Å². The van der Waals surface area contributed by atoms with Crippen molar-refractivity contribution in [3.05, 3.63) is 11.9 Å². The van der Waals surface area contributed by atoms with Crippen LogP contribution in [0.15, 0.2) is 6.33 Å². The molecule has 2 atom stereocenters. The molecule has 0 radical (unpaired) electrons. The molecule has 2 heterocycles. The molecule has 1 aromatic rings. The molecule has 0 spiro atoms. The summed E-state index contributed by atoms with van der Waals surface area (Å²) in [5, 5.41) is 9.51. The van der Waals surface area contributed by atoms with E-state index in [2.05, 4.69) is 25.9 Å². The molecule has 1 aliphatic heterocycles. The Bertz CT molecular complexity index is 921. The molecule has 1 unspecified atom stereocenters. The molecule has 37 heavy (non-hydrogen) atoms. The molecule has 2 fully saturated rings. The maximum absolute atomic E-state index is 12.8. The van der Waals surface area contributed by atoms with E-state index < -0.39 is 18.4 Å². The van der Waals surface area contributed by atoms with Gasteiger partial charge in [0, 0.05) is 31.6 Å². The number of hydrogen-bond donors (Lipinski definition) is 3. The highest BCUT2D eigenvalue weighted by atomic mass is 19.4. The van der Waals surface area contributed by atoms with Crippen molar-refractivity contribution >= 4 is 24.0 Å². The third kappa shape index (κ3) is 7.99. The van der Waals surface area contributed by atoms with E-state index in [9.17, 15) is 22.8 Å². The van der Waals surface area contributed by atoms with Crippen LogP contribution in [-0.4, -0.2) is 89.5 Å². The lowest BCUT2D eigenvalue weighted by Gasteiger charge is -2.46. The summed E-state index contributed by atoms with van der Waals surface area (Å²) < 4.78 is 44.4. The second kappa shape index (κ2) is 12.4. The fourth-order valence-electron chi connectivity index (χ4n) is 4.53. The molecule has 3 N–H and O–H groups in total. The molecule has 2 amide bonds. The molecule has 1 saturated heterocycles. The van der Waals surface area contributed by atoms with Crippen LogP contribution < -0.4 is 16.0 Å². The predicted octanol–water partition coefficient (Wildman–Crippen LogP) is 2.72. The van der Waals surface area contributed by atoms with Crippen LogP contribution in [0.1, 0.15) is 51.5 Å². The number of carbonyl (C=O) groups is 2. The van der Waals surface area contributed by atoms with Gasteiger partial charge in [-0.25, -0.2) is 9.97 Å². The molecule has 10 nitrogen and oxygen atoms in total. The minimum Gasteiger partial charge on any atom is -0.364 e. The summed E-state index contributed by atoms with van der Waals surface area (Å²) in [7, 11) is 1.62. The van der Waals surface area contributed by atoms with Gasteiger partial charge in [-0.1, -0.05) is 6.92 Å². The first-order valence-electron chi connectivity index (χ1n) is 12.7. The van der Waals surface area contributed by atoms with Gasteiger partial charge < -0.3 is 20.3 Å². The number of nitrogens with one attached hydrogen (secondary N) is 3. The van der Waals surface area contributed by atoms with Gasteiger partial charge in [0.25, 0.3) is 0 Å². The highest BCUT2D eigenvalue weighted by Crippen LogP contribution is 2.31. The number of anilines is 2. The number of alkyl halides is 3. The number of aromatic nitrogens is 2. The van der Waals surface area contributed by atoms with Crippen molar-refractivity contribution in [3.63, 3.8) is 0 Å². The lowest BCUT2D eigenvalue weighted by molar-refractivity contribution is -0.154. The summed E-state index contributed by atoms with van der Waals surface area (Å²) >= 11 is 0. The van der Waals surface area contributed by atoms with E-state index in [1.165, 1.54) is 16.1 Å². The Morgan fingerprint density at radius 1 is 1.30 bits per heavy atom. The van der Waals surface area contributed by atoms with E-state index in [1.54, 1.807) is 7.05 Å². The average Bonchev–Trinajstić information content (AvgIpc) is 3.70. The van der Waals surface area contributed by atoms with E-state index >= 15 is 0 Å². The first-order valence-corrected chi connectivity index (χ1v) is 12.7. The fourth-order valence-corrected chi connectivity index (χ4v) is 4.53. The summed E-state index contributed by atoms with van der Waals surface area (Å²) in [5.41, 5.74) is -0.0474. The first kappa shape index (κ1) is 29.1. The standard InChI is InChI=1S/C24H38F3N7O3/c1-5-19(31-20-16(2)21(29-13-28-20)32-22(36)18-6-7-18)17(3)37-14-30-23(33(4)15-35)8-10-34(11-9-23)12-24(25,26)27/h13,15,17-19,30H,5-12,14H2,1-4H3,(H2,28,29,31,32,36)/t17?,19-/m1/s1. The van der Waals surface area contributed by atoms with Gasteiger partial charge in [0.1, 0.15) is 18.0 Å². The monoisotopic (exact) mass is 529 g/mol. The molecule has 1 aromatic heterocycles. The van der Waals surface area contributed by atoms with Crippen LogP contribution in [0.2, 0.25) is 0 Å². The highest BCUT2D eigenvalue weighted by Gasteiger charge is 2.40. The summed E-state index contributed by atoms with van der Waals surface area (Å²) in [6.45, 7) is 5.35. The zero-order chi connectivity index (χ0) is 27.2. The van der Waals surface area contributed by atoms with Gasteiger partial charge >= 0.3 is 6.18 Å². The van der Waals surface area contributed by atoms with E-state index in [-0.39, 0.29) is 43.8 Å². The SMILES string of the molecule is CC[C@@H](Nc1ncnc(NC(=O)C2CC2)c1C)C(C)OCNC1(N(C)C=O)CCN(CC(F)(F)F)CC1. The van der Waals surface area contributed by atoms with Gasteiger partial charge in [0.15, 0.2) is 0 Å². The van der Waals surface area contributed by atoms with E-state index in [0.717, 1.165) is 24.8 Å². The molecular formula is C24H38F3N7O3. The number of halogens is 3. The Labute approximate surface area is 215 Å². The lowest BCUT2D eigenvalue weighted by Crippen LogP contribution is -2.63. The number of piperidine rings is 1. The number of nitrogens with zero attached hydrogens (tertiary/aromatic N) is 4. The molecule has 13 heteroatoms. The Morgan fingerprint density at radius 3 is 2.51 bits per heavy atom. The minimum atomic E-state index is -4.25. The van der Waals surface area contributed by atoms with Crippen molar-refractivity contribution in [2.24, 2.45) is 5.92 Å². The van der Waals surface area contributed by atoms with Crippen LogP contribution in [0.4, 0.5) is 24.8 Å². The molecular weight excluding hydrogens is 491 g/mol. The topological polar surface area (TPSA) is 112 Å². The van der Waals surface area contributed by atoms with Crippen molar-refractivity contribution in [2.75, 3.05) is 44.0 Å². The van der Waals surface area contributed by atoms with Gasteiger partial charge in [0.05, 0.1) is 31.1 Å². The Balaban J connectivity index is 1.55. The average molecular weight is 530 g/mol. The van der Waals surface area contributed by atoms with Gasteiger partial charge in [-0.2, -0.15) is 13.2 Å². The molecule has 3 rings (SSSR count). The number of hydrogen-bond acceptors (Lipinski definition) is 8. The van der Waals surface area contributed by atoms with Crippen LogP contribution in [0.25, 0.3) is 0 Å². The lowest BCUT2D eigenvalue weighted by atomic mass is 9.95. The van der Waals surface area contributed by atoms with Crippen LogP contribution in [0.3, 0.4) is 0 Å². The smallest absolute Gasteiger partial charge is 0.364 e. The highest BCUT2D eigenvalue weighted by molar-refractivity contribution is 5.94. The van der Waals surface area contributed by atoms with Gasteiger partial charge in [0.2, 0.25) is 12.3 Å². The third-order valence-electron chi connectivity index (χ3n) is 7.27. The Kier molecular flexibility index (Phi) is 9.70. The van der Waals surface area contributed by atoms with Crippen molar-refractivity contribution in [2.45, 2.75) is 76.9 Å². The van der Waals surface area contributed by atoms with Gasteiger partial charge in [-0.3, -0.25) is 19.8 Å². The molecule has 1 saturated carbocycles. The molecule has 0 aromatic carbocycles. The quantitative estimate of drug-likeness (QED) is 0.264. The number of rotatable bonds is 13. The zero-order valence-corrected chi connectivity index (χ0v) is 21.9. The molecule has 0 bridgehead atoms. The van der Waals surface area contributed by atoms with Crippen molar-refractivity contribution in [1.29, 1.82) is 0 Å². The van der Waals surface area contributed by atoms with Crippen LogP contribution in [-0.2, 0) is 14.3 Å². The number of carbonyl (C=O) groups excluding carboxylic acids is 2. The van der Waals surface area contributed by atoms with Crippen molar-refractivity contribution in [1.82, 2.24) is 25.1 Å². The fraction of sp³-hybridized carbons (Fsp3) is 0.750. The maximum Gasteiger partial charge on any atom is 0.401 e. The van der Waals surface area contributed by atoms with Crippen molar-refractivity contribution in [3.8, 4) is 0 Å². The largest absolute Gasteiger partial charge is 0.401 e. The van der Waals surface area contributed by atoms with Gasteiger partial charge in [-0.05, 0) is 46.0 Å².